The molecule has 0 aromatic rings. The van der Waals surface area contributed by atoms with Crippen LogP contribution in [0.3, 0.4) is 0 Å². The highest BCUT2D eigenvalue weighted by Crippen LogP contribution is 2.44. The third-order valence-corrected chi connectivity index (χ3v) is 3.90. The van der Waals surface area contributed by atoms with Gasteiger partial charge in [0.25, 0.3) is 0 Å². The summed E-state index contributed by atoms with van der Waals surface area (Å²) in [6.45, 7) is -0.241. The van der Waals surface area contributed by atoms with Crippen LogP contribution in [0.15, 0.2) is 0 Å². The van der Waals surface area contributed by atoms with Crippen molar-refractivity contribution < 1.29 is 29.6 Å². The van der Waals surface area contributed by atoms with Gasteiger partial charge in [-0.05, 0) is 12.8 Å². The minimum Gasteiger partial charge on any atom is -0.481 e. The van der Waals surface area contributed by atoms with Crippen LogP contribution in [0.2, 0.25) is 0 Å². The number of hydrogen-bond acceptors (Lipinski definition) is 5. The third kappa shape index (κ3) is 2.58. The van der Waals surface area contributed by atoms with Crippen LogP contribution in [0.25, 0.3) is 0 Å². The zero-order valence-electron chi connectivity index (χ0n) is 10.6. The third-order valence-electron chi connectivity index (χ3n) is 3.90. The molecule has 2 aliphatic heterocycles. The normalized spacial score (nSPS) is 32.5. The Hall–Kier alpha value is -1.18. The summed E-state index contributed by atoms with van der Waals surface area (Å²) in [6.07, 6.45) is 0.627. The predicted molar refractivity (Wildman–Crippen MR) is 63.3 cm³/mol. The van der Waals surface area contributed by atoms with Crippen molar-refractivity contribution >= 4 is 11.9 Å². The Kier molecular flexibility index (Phi) is 4.38. The maximum atomic E-state index is 12.4. The number of amides is 1. The number of aliphatic hydroxyl groups is 2. The molecule has 19 heavy (non-hydrogen) atoms. The smallest absolute Gasteiger partial charge is 0.310 e. The highest BCUT2D eigenvalue weighted by molar-refractivity contribution is 5.86. The fraction of sp³-hybridized carbons (Fsp3) is 0.833. The van der Waals surface area contributed by atoms with Crippen LogP contribution < -0.4 is 0 Å². The molecule has 0 aliphatic carbocycles. The number of aliphatic hydroxyl groups excluding tert-OH is 2. The maximum absolute atomic E-state index is 12.4. The molecule has 2 heterocycles. The average molecular weight is 273 g/mol. The Labute approximate surface area is 110 Å². The number of rotatable bonds is 6. The second kappa shape index (κ2) is 5.85. The van der Waals surface area contributed by atoms with Crippen molar-refractivity contribution in [1.82, 2.24) is 4.90 Å². The molecule has 2 rings (SSSR count). The molecule has 0 saturated carbocycles. The molecule has 2 aliphatic rings. The van der Waals surface area contributed by atoms with E-state index in [-0.39, 0.29) is 44.4 Å². The standard InChI is InChI=1S/C12H19NO6/c14-5-3-13(4-6-15)11(16)9-7-1-2-8(19-7)10(9)12(17)18/h7-10,14-15H,1-6H2,(H,17,18)/t7-,8+,9?,10?/m1/s1. The van der Waals surface area contributed by atoms with Gasteiger partial charge in [-0.25, -0.2) is 0 Å². The summed E-state index contributed by atoms with van der Waals surface area (Å²) in [6, 6.07) is 0. The quantitative estimate of drug-likeness (QED) is 0.554. The van der Waals surface area contributed by atoms with Crippen molar-refractivity contribution in [2.24, 2.45) is 11.8 Å². The van der Waals surface area contributed by atoms with E-state index in [9.17, 15) is 14.7 Å². The van der Waals surface area contributed by atoms with E-state index in [0.717, 1.165) is 0 Å². The Bertz CT molecular complexity index is 354. The molecule has 2 saturated heterocycles. The van der Waals surface area contributed by atoms with Crippen molar-refractivity contribution in [2.45, 2.75) is 25.0 Å². The molecular formula is C12H19NO6. The van der Waals surface area contributed by atoms with Gasteiger partial charge in [-0.3, -0.25) is 9.59 Å². The molecule has 4 atom stereocenters. The van der Waals surface area contributed by atoms with Crippen LogP contribution in [0.4, 0.5) is 0 Å². The molecule has 7 nitrogen and oxygen atoms in total. The molecule has 2 bridgehead atoms. The Balaban J connectivity index is 2.13. The number of carboxylic acid groups (broad SMARTS) is 1. The molecule has 7 heteroatoms. The lowest BCUT2D eigenvalue weighted by molar-refractivity contribution is -0.151. The molecule has 2 unspecified atom stereocenters. The number of carbonyl (C=O) groups excluding carboxylic acids is 1. The van der Waals surface area contributed by atoms with Crippen molar-refractivity contribution in [3.8, 4) is 0 Å². The first-order valence-corrected chi connectivity index (χ1v) is 6.49. The Morgan fingerprint density at radius 3 is 2.05 bits per heavy atom. The minimum atomic E-state index is -1.02. The van der Waals surface area contributed by atoms with Crippen LogP contribution in [0, 0.1) is 11.8 Å². The molecule has 108 valence electrons. The highest BCUT2D eigenvalue weighted by atomic mass is 16.5. The second-order valence-electron chi connectivity index (χ2n) is 4.95. The number of fused-ring (bicyclic) bond motifs is 2. The van der Waals surface area contributed by atoms with Gasteiger partial charge in [0.1, 0.15) is 0 Å². The van der Waals surface area contributed by atoms with E-state index in [1.165, 1.54) is 4.90 Å². The molecule has 0 aromatic heterocycles. The van der Waals surface area contributed by atoms with Crippen LogP contribution in [0.1, 0.15) is 12.8 Å². The van der Waals surface area contributed by atoms with Gasteiger partial charge < -0.3 is 25.0 Å². The zero-order chi connectivity index (χ0) is 14.0. The van der Waals surface area contributed by atoms with Crippen molar-refractivity contribution in [1.29, 1.82) is 0 Å². The first-order valence-electron chi connectivity index (χ1n) is 6.49. The number of carbonyl (C=O) groups is 2. The largest absolute Gasteiger partial charge is 0.481 e. The van der Waals surface area contributed by atoms with Gasteiger partial charge in [-0.1, -0.05) is 0 Å². The van der Waals surface area contributed by atoms with Gasteiger partial charge in [0.05, 0.1) is 37.3 Å². The summed E-state index contributed by atoms with van der Waals surface area (Å²) in [5.41, 5.74) is 0. The van der Waals surface area contributed by atoms with Crippen molar-refractivity contribution in [3.05, 3.63) is 0 Å². The summed E-state index contributed by atoms with van der Waals surface area (Å²) in [7, 11) is 0. The van der Waals surface area contributed by atoms with Crippen molar-refractivity contribution in [2.75, 3.05) is 26.3 Å². The van der Waals surface area contributed by atoms with E-state index in [0.29, 0.717) is 12.8 Å². The Morgan fingerprint density at radius 1 is 1.05 bits per heavy atom. The van der Waals surface area contributed by atoms with Gasteiger partial charge >= 0.3 is 5.97 Å². The molecule has 0 aromatic carbocycles. The molecular weight excluding hydrogens is 254 g/mol. The van der Waals surface area contributed by atoms with E-state index in [4.69, 9.17) is 14.9 Å². The van der Waals surface area contributed by atoms with Gasteiger partial charge in [-0.2, -0.15) is 0 Å². The molecule has 2 fully saturated rings. The first kappa shape index (κ1) is 14.2. The molecule has 1 amide bonds. The number of nitrogens with zero attached hydrogens (tertiary/aromatic N) is 1. The number of hydrogen-bond donors (Lipinski definition) is 3. The predicted octanol–water partition coefficient (Wildman–Crippen LogP) is -1.32. The zero-order valence-corrected chi connectivity index (χ0v) is 10.6. The van der Waals surface area contributed by atoms with Gasteiger partial charge in [0.2, 0.25) is 5.91 Å². The lowest BCUT2D eigenvalue weighted by Crippen LogP contribution is -2.47. The lowest BCUT2D eigenvalue weighted by Gasteiger charge is -2.30. The summed E-state index contributed by atoms with van der Waals surface area (Å²) in [4.78, 5) is 25.0. The Morgan fingerprint density at radius 2 is 1.58 bits per heavy atom. The van der Waals surface area contributed by atoms with Gasteiger partial charge in [0.15, 0.2) is 0 Å². The van der Waals surface area contributed by atoms with Crippen LogP contribution in [-0.4, -0.2) is 70.6 Å². The molecule has 0 spiro atoms. The number of aliphatic carboxylic acids is 1. The fourth-order valence-electron chi connectivity index (χ4n) is 3.09. The monoisotopic (exact) mass is 273 g/mol. The summed E-state index contributed by atoms with van der Waals surface area (Å²) in [5, 5.41) is 27.1. The molecule has 3 N–H and O–H groups in total. The average Bonchev–Trinajstić information content (AvgIpc) is 2.97. The van der Waals surface area contributed by atoms with E-state index >= 15 is 0 Å². The second-order valence-corrected chi connectivity index (χ2v) is 4.95. The lowest BCUT2D eigenvalue weighted by atomic mass is 9.78. The van der Waals surface area contributed by atoms with E-state index in [1.54, 1.807) is 0 Å². The fourth-order valence-corrected chi connectivity index (χ4v) is 3.09. The van der Waals surface area contributed by atoms with E-state index < -0.39 is 17.8 Å². The van der Waals surface area contributed by atoms with Crippen LogP contribution in [-0.2, 0) is 14.3 Å². The highest BCUT2D eigenvalue weighted by Gasteiger charge is 2.56. The molecule has 0 radical (unpaired) electrons. The van der Waals surface area contributed by atoms with Crippen molar-refractivity contribution in [3.63, 3.8) is 0 Å². The topological polar surface area (TPSA) is 107 Å². The minimum absolute atomic E-state index is 0.0968. The number of carboxylic acids is 1. The van der Waals surface area contributed by atoms with Crippen LogP contribution in [0.5, 0.6) is 0 Å². The summed E-state index contributed by atoms with van der Waals surface area (Å²) >= 11 is 0. The van der Waals surface area contributed by atoms with E-state index in [2.05, 4.69) is 0 Å². The SMILES string of the molecule is O=C(O)C1C(C(=O)N(CCO)CCO)[C@H]2CC[C@@H]1O2. The van der Waals surface area contributed by atoms with Crippen LogP contribution >= 0.6 is 0 Å². The van der Waals surface area contributed by atoms with Gasteiger partial charge in [-0.15, -0.1) is 0 Å². The summed E-state index contributed by atoms with van der Waals surface area (Å²) < 4.78 is 5.53. The number of ether oxygens (including phenoxy) is 1. The van der Waals surface area contributed by atoms with E-state index in [1.807, 2.05) is 0 Å². The maximum Gasteiger partial charge on any atom is 0.310 e. The summed E-state index contributed by atoms with van der Waals surface area (Å²) in [5.74, 6) is -2.87. The first-order chi connectivity index (χ1) is 9.10. The van der Waals surface area contributed by atoms with Gasteiger partial charge in [0, 0.05) is 13.1 Å².